The van der Waals surface area contributed by atoms with Crippen LogP contribution in [0.3, 0.4) is 0 Å². The highest BCUT2D eigenvalue weighted by Crippen LogP contribution is 2.37. The minimum Gasteiger partial charge on any atom is -0.342 e. The minimum absolute atomic E-state index is 0. The van der Waals surface area contributed by atoms with Crippen LogP contribution in [0.1, 0.15) is 55.6 Å². The van der Waals surface area contributed by atoms with E-state index in [0.29, 0.717) is 30.2 Å². The Bertz CT molecular complexity index is 525. The van der Waals surface area contributed by atoms with Crippen LogP contribution in [0.2, 0.25) is 0 Å². The molecule has 3 unspecified atom stereocenters. The molecule has 134 valence electrons. The molecule has 2 fully saturated rings. The molecule has 1 saturated carbocycles. The van der Waals surface area contributed by atoms with Crippen LogP contribution >= 0.6 is 12.4 Å². The molecule has 3 nitrogen and oxygen atoms in total. The van der Waals surface area contributed by atoms with Crippen molar-refractivity contribution in [3.05, 3.63) is 35.4 Å². The first-order valence-electron chi connectivity index (χ1n) is 9.18. The van der Waals surface area contributed by atoms with Gasteiger partial charge in [-0.2, -0.15) is 0 Å². The third-order valence-corrected chi connectivity index (χ3v) is 5.80. The van der Waals surface area contributed by atoms with Gasteiger partial charge in [-0.3, -0.25) is 4.79 Å². The number of rotatable bonds is 5. The maximum atomic E-state index is 12.6. The summed E-state index contributed by atoms with van der Waals surface area (Å²) in [6.07, 6.45) is 6.56. The fourth-order valence-electron chi connectivity index (χ4n) is 4.26. The standard InChI is InChI=1S/C20H30N2O.ClH/c1-15-6-9-17(10-7-15)18-4-3-5-19(18)22(2)20(23)11-8-16-12-13-21-14-16;/h6-7,9-10,16,18-19,21H,3-5,8,11-14H2,1-2H3;1H. The van der Waals surface area contributed by atoms with E-state index in [4.69, 9.17) is 0 Å². The average Bonchev–Trinajstić information content (AvgIpc) is 3.24. The van der Waals surface area contributed by atoms with E-state index in [0.717, 1.165) is 25.9 Å². The van der Waals surface area contributed by atoms with Gasteiger partial charge in [0, 0.05) is 25.4 Å². The Morgan fingerprint density at radius 3 is 2.62 bits per heavy atom. The summed E-state index contributed by atoms with van der Waals surface area (Å²) in [7, 11) is 2.02. The lowest BCUT2D eigenvalue weighted by molar-refractivity contribution is -0.132. The third-order valence-electron chi connectivity index (χ3n) is 5.80. The van der Waals surface area contributed by atoms with E-state index < -0.39 is 0 Å². The lowest BCUT2D eigenvalue weighted by Crippen LogP contribution is -2.38. The number of nitrogens with zero attached hydrogens (tertiary/aromatic N) is 1. The lowest BCUT2D eigenvalue weighted by Gasteiger charge is -2.30. The molecule has 0 spiro atoms. The molecule has 2 aliphatic rings. The first-order valence-corrected chi connectivity index (χ1v) is 9.18. The zero-order valence-electron chi connectivity index (χ0n) is 15.0. The van der Waals surface area contributed by atoms with Crippen molar-refractivity contribution in [2.75, 3.05) is 20.1 Å². The Labute approximate surface area is 152 Å². The molecule has 24 heavy (non-hydrogen) atoms. The van der Waals surface area contributed by atoms with Gasteiger partial charge in [0.1, 0.15) is 0 Å². The molecular weight excluding hydrogens is 320 g/mol. The fourth-order valence-corrected chi connectivity index (χ4v) is 4.26. The maximum Gasteiger partial charge on any atom is 0.222 e. The highest BCUT2D eigenvalue weighted by molar-refractivity contribution is 5.85. The van der Waals surface area contributed by atoms with E-state index in [2.05, 4.69) is 41.4 Å². The summed E-state index contributed by atoms with van der Waals surface area (Å²) in [5.74, 6) is 1.54. The van der Waals surface area contributed by atoms with Crippen LogP contribution in [0.4, 0.5) is 0 Å². The smallest absolute Gasteiger partial charge is 0.222 e. The van der Waals surface area contributed by atoms with Gasteiger partial charge < -0.3 is 10.2 Å². The van der Waals surface area contributed by atoms with Crippen molar-refractivity contribution in [3.8, 4) is 0 Å². The Balaban J connectivity index is 0.00000208. The molecule has 0 bridgehead atoms. The van der Waals surface area contributed by atoms with Crippen molar-refractivity contribution < 1.29 is 4.79 Å². The van der Waals surface area contributed by atoms with Gasteiger partial charge in [-0.1, -0.05) is 36.2 Å². The molecule has 1 aliphatic heterocycles. The van der Waals surface area contributed by atoms with Gasteiger partial charge in [-0.05, 0) is 57.2 Å². The zero-order valence-corrected chi connectivity index (χ0v) is 15.8. The van der Waals surface area contributed by atoms with E-state index >= 15 is 0 Å². The predicted molar refractivity (Wildman–Crippen MR) is 102 cm³/mol. The molecule has 3 rings (SSSR count). The third kappa shape index (κ3) is 4.52. The molecule has 0 aromatic heterocycles. The minimum atomic E-state index is 0. The Kier molecular flexibility index (Phi) is 7.12. The number of carbonyl (C=O) groups excluding carboxylic acids is 1. The molecule has 1 heterocycles. The summed E-state index contributed by atoms with van der Waals surface area (Å²) < 4.78 is 0. The molecule has 1 aromatic carbocycles. The van der Waals surface area contributed by atoms with E-state index in [9.17, 15) is 4.79 Å². The monoisotopic (exact) mass is 350 g/mol. The second-order valence-corrected chi connectivity index (χ2v) is 7.42. The van der Waals surface area contributed by atoms with Crippen LogP contribution < -0.4 is 5.32 Å². The van der Waals surface area contributed by atoms with Gasteiger partial charge in [-0.25, -0.2) is 0 Å². The van der Waals surface area contributed by atoms with E-state index in [1.54, 1.807) is 0 Å². The summed E-state index contributed by atoms with van der Waals surface area (Å²) in [5, 5.41) is 3.39. The van der Waals surface area contributed by atoms with Gasteiger partial charge in [0.15, 0.2) is 0 Å². The first-order chi connectivity index (χ1) is 11.1. The summed E-state index contributed by atoms with van der Waals surface area (Å²) in [5.41, 5.74) is 2.70. The molecule has 1 N–H and O–H groups in total. The second-order valence-electron chi connectivity index (χ2n) is 7.42. The largest absolute Gasteiger partial charge is 0.342 e. The highest BCUT2D eigenvalue weighted by Gasteiger charge is 2.33. The molecular formula is C20H31ClN2O. The molecule has 1 amide bonds. The van der Waals surface area contributed by atoms with Crippen molar-refractivity contribution in [2.24, 2.45) is 5.92 Å². The summed E-state index contributed by atoms with van der Waals surface area (Å²) >= 11 is 0. The van der Waals surface area contributed by atoms with Gasteiger partial charge in [0.25, 0.3) is 0 Å². The van der Waals surface area contributed by atoms with E-state index in [1.165, 1.54) is 30.4 Å². The number of benzene rings is 1. The SMILES string of the molecule is Cc1ccc(C2CCCC2N(C)C(=O)CCC2CCNC2)cc1.Cl. The zero-order chi connectivity index (χ0) is 16.2. The molecule has 1 aromatic rings. The normalized spacial score (nSPS) is 26.2. The topological polar surface area (TPSA) is 32.3 Å². The van der Waals surface area contributed by atoms with Gasteiger partial charge in [0.2, 0.25) is 5.91 Å². The predicted octanol–water partition coefficient (Wildman–Crippen LogP) is 3.90. The molecule has 4 heteroatoms. The Morgan fingerprint density at radius 2 is 1.96 bits per heavy atom. The van der Waals surface area contributed by atoms with Crippen LogP contribution in [0.25, 0.3) is 0 Å². The van der Waals surface area contributed by atoms with Gasteiger partial charge in [-0.15, -0.1) is 12.4 Å². The molecule has 3 atom stereocenters. The van der Waals surface area contributed by atoms with Gasteiger partial charge in [0.05, 0.1) is 0 Å². The maximum absolute atomic E-state index is 12.6. The molecule has 1 saturated heterocycles. The van der Waals surface area contributed by atoms with Gasteiger partial charge >= 0.3 is 0 Å². The Morgan fingerprint density at radius 1 is 1.21 bits per heavy atom. The average molecular weight is 351 g/mol. The summed E-state index contributed by atoms with van der Waals surface area (Å²) in [4.78, 5) is 14.7. The van der Waals surface area contributed by atoms with Crippen LogP contribution in [0.5, 0.6) is 0 Å². The van der Waals surface area contributed by atoms with Crippen molar-refractivity contribution in [2.45, 2.75) is 57.4 Å². The number of amides is 1. The van der Waals surface area contributed by atoms with Crippen LogP contribution in [0.15, 0.2) is 24.3 Å². The van der Waals surface area contributed by atoms with Crippen LogP contribution in [-0.4, -0.2) is 37.0 Å². The quantitative estimate of drug-likeness (QED) is 0.873. The highest BCUT2D eigenvalue weighted by atomic mass is 35.5. The fraction of sp³-hybridized carbons (Fsp3) is 0.650. The van der Waals surface area contributed by atoms with E-state index in [1.807, 2.05) is 7.05 Å². The second kappa shape index (κ2) is 8.87. The van der Waals surface area contributed by atoms with Crippen molar-refractivity contribution >= 4 is 18.3 Å². The molecule has 1 aliphatic carbocycles. The molecule has 0 radical (unpaired) electrons. The lowest BCUT2D eigenvalue weighted by atomic mass is 9.92. The number of nitrogens with one attached hydrogen (secondary N) is 1. The van der Waals surface area contributed by atoms with Crippen molar-refractivity contribution in [3.63, 3.8) is 0 Å². The number of carbonyl (C=O) groups is 1. The number of hydrogen-bond acceptors (Lipinski definition) is 2. The summed E-state index contributed by atoms with van der Waals surface area (Å²) in [6, 6.07) is 9.27. The van der Waals surface area contributed by atoms with Crippen LogP contribution in [-0.2, 0) is 4.79 Å². The number of hydrogen-bond donors (Lipinski definition) is 1. The van der Waals surface area contributed by atoms with Crippen molar-refractivity contribution in [1.29, 1.82) is 0 Å². The Hall–Kier alpha value is -1.06. The van der Waals surface area contributed by atoms with E-state index in [-0.39, 0.29) is 12.4 Å². The number of aryl methyl sites for hydroxylation is 1. The van der Waals surface area contributed by atoms with Crippen LogP contribution in [0, 0.1) is 12.8 Å². The van der Waals surface area contributed by atoms with Crippen molar-refractivity contribution in [1.82, 2.24) is 10.2 Å². The number of likely N-dealkylation sites (N-methyl/N-ethyl adjacent to an activating group) is 1. The summed E-state index contributed by atoms with van der Waals surface area (Å²) in [6.45, 7) is 4.34. The number of halogens is 1. The first kappa shape index (κ1) is 19.3.